The standard InChI is InChI=1S/C38H60O6/c1-7-8-9-10-11-12-13-14-15-16-17-18-19-20-21-23-27(39)44-35-29-30(33(42)32(41)28(26(2)3)31(29)40)38(6)25-22-24-37(4,5)36(38)34(35)43/h14-15,26,34-36,40,43H,7-13,16-25H2,1-6H3. The summed E-state index contributed by atoms with van der Waals surface area (Å²) in [5.74, 6) is -2.84. The van der Waals surface area contributed by atoms with Crippen molar-refractivity contribution in [1.82, 2.24) is 0 Å². The first-order chi connectivity index (χ1) is 20.9. The van der Waals surface area contributed by atoms with E-state index in [-0.39, 0.29) is 34.3 Å². The minimum atomic E-state index is -1.18. The molecule has 0 radical (unpaired) electrons. The van der Waals surface area contributed by atoms with Crippen LogP contribution in [0.15, 0.2) is 34.6 Å². The van der Waals surface area contributed by atoms with Crippen LogP contribution in [0.3, 0.4) is 0 Å². The molecule has 6 heteroatoms. The van der Waals surface area contributed by atoms with Crippen molar-refractivity contribution in [3.63, 3.8) is 0 Å². The molecule has 0 aliphatic heterocycles. The largest absolute Gasteiger partial charge is 0.507 e. The predicted octanol–water partition coefficient (Wildman–Crippen LogP) is 9.06. The van der Waals surface area contributed by atoms with Gasteiger partial charge in [-0.2, -0.15) is 0 Å². The molecular weight excluding hydrogens is 552 g/mol. The summed E-state index contributed by atoms with van der Waals surface area (Å²) in [5, 5.41) is 23.2. The third-order valence-corrected chi connectivity index (χ3v) is 10.5. The number of Topliss-reactive ketones (excluding diaryl/α,β-unsaturated/α-hetero) is 2. The Morgan fingerprint density at radius 2 is 1.45 bits per heavy atom. The van der Waals surface area contributed by atoms with Gasteiger partial charge >= 0.3 is 5.97 Å². The van der Waals surface area contributed by atoms with Crippen LogP contribution < -0.4 is 0 Å². The number of esters is 1. The molecule has 248 valence electrons. The minimum absolute atomic E-state index is 0.0383. The fourth-order valence-electron chi connectivity index (χ4n) is 8.33. The maximum Gasteiger partial charge on any atom is 0.306 e. The van der Waals surface area contributed by atoms with Gasteiger partial charge in [-0.1, -0.05) is 111 Å². The number of carbonyl (C=O) groups is 3. The van der Waals surface area contributed by atoms with E-state index in [2.05, 4.69) is 32.9 Å². The molecule has 6 nitrogen and oxygen atoms in total. The van der Waals surface area contributed by atoms with Gasteiger partial charge in [0.05, 0.1) is 6.10 Å². The Morgan fingerprint density at radius 3 is 2.05 bits per heavy atom. The van der Waals surface area contributed by atoms with Crippen molar-refractivity contribution in [2.75, 3.05) is 0 Å². The lowest BCUT2D eigenvalue weighted by atomic mass is 9.47. The quantitative estimate of drug-likeness (QED) is 0.0559. The molecule has 2 N–H and O–H groups in total. The molecule has 3 aliphatic rings. The topological polar surface area (TPSA) is 101 Å². The van der Waals surface area contributed by atoms with Crippen LogP contribution in [0.4, 0.5) is 0 Å². The van der Waals surface area contributed by atoms with Gasteiger partial charge in [-0.25, -0.2) is 0 Å². The molecule has 0 saturated heterocycles. The highest BCUT2D eigenvalue weighted by Crippen LogP contribution is 2.61. The molecule has 1 fully saturated rings. The van der Waals surface area contributed by atoms with Crippen molar-refractivity contribution in [3.05, 3.63) is 34.6 Å². The second-order valence-corrected chi connectivity index (χ2v) is 14.8. The average Bonchev–Trinajstić information content (AvgIpc) is 2.94. The highest BCUT2D eigenvalue weighted by atomic mass is 16.6. The van der Waals surface area contributed by atoms with Crippen molar-refractivity contribution in [2.24, 2.45) is 22.7 Å². The van der Waals surface area contributed by atoms with E-state index in [1.807, 2.05) is 6.92 Å². The van der Waals surface area contributed by atoms with E-state index in [9.17, 15) is 24.6 Å². The van der Waals surface area contributed by atoms with E-state index in [0.717, 1.165) is 44.9 Å². The van der Waals surface area contributed by atoms with Crippen LogP contribution in [-0.2, 0) is 19.1 Å². The van der Waals surface area contributed by atoms with E-state index >= 15 is 0 Å². The van der Waals surface area contributed by atoms with Crippen LogP contribution in [0, 0.1) is 22.7 Å². The van der Waals surface area contributed by atoms with Crippen molar-refractivity contribution < 1.29 is 29.3 Å². The number of aliphatic hydroxyl groups is 2. The van der Waals surface area contributed by atoms with Crippen LogP contribution in [0.1, 0.15) is 151 Å². The summed E-state index contributed by atoms with van der Waals surface area (Å²) in [6, 6.07) is 0. The summed E-state index contributed by atoms with van der Waals surface area (Å²) in [6.07, 6.45) is 20.0. The van der Waals surface area contributed by atoms with E-state index in [4.69, 9.17) is 4.74 Å². The Balaban J connectivity index is 1.57. The molecule has 1 saturated carbocycles. The fourth-order valence-corrected chi connectivity index (χ4v) is 8.33. The van der Waals surface area contributed by atoms with Crippen molar-refractivity contribution in [1.29, 1.82) is 0 Å². The summed E-state index contributed by atoms with van der Waals surface area (Å²) in [7, 11) is 0. The summed E-state index contributed by atoms with van der Waals surface area (Å²) >= 11 is 0. The van der Waals surface area contributed by atoms with Crippen LogP contribution in [0.5, 0.6) is 0 Å². The number of fused-ring (bicyclic) bond motifs is 2. The summed E-state index contributed by atoms with van der Waals surface area (Å²) in [4.78, 5) is 40.0. The lowest BCUT2D eigenvalue weighted by Gasteiger charge is -2.58. The zero-order valence-corrected chi connectivity index (χ0v) is 28.5. The minimum Gasteiger partial charge on any atom is -0.507 e. The van der Waals surface area contributed by atoms with Gasteiger partial charge in [0.1, 0.15) is 5.76 Å². The zero-order valence-electron chi connectivity index (χ0n) is 28.5. The van der Waals surface area contributed by atoms with E-state index in [1.165, 1.54) is 44.9 Å². The second-order valence-electron chi connectivity index (χ2n) is 14.8. The normalized spacial score (nSPS) is 26.9. The molecule has 0 amide bonds. The highest BCUT2D eigenvalue weighted by molar-refractivity contribution is 6.50. The Kier molecular flexibility index (Phi) is 13.5. The molecule has 0 heterocycles. The maximum absolute atomic E-state index is 13.7. The molecule has 0 aromatic heterocycles. The molecule has 3 rings (SSSR count). The average molecular weight is 613 g/mol. The van der Waals surface area contributed by atoms with Crippen molar-refractivity contribution >= 4 is 17.5 Å². The van der Waals surface area contributed by atoms with E-state index < -0.39 is 47.0 Å². The van der Waals surface area contributed by atoms with Gasteiger partial charge < -0.3 is 14.9 Å². The zero-order chi connectivity index (χ0) is 32.5. The third-order valence-electron chi connectivity index (χ3n) is 10.5. The van der Waals surface area contributed by atoms with E-state index in [0.29, 0.717) is 12.8 Å². The van der Waals surface area contributed by atoms with Gasteiger partial charge in [-0.05, 0) is 56.3 Å². The molecule has 0 aromatic rings. The van der Waals surface area contributed by atoms with Crippen molar-refractivity contribution in [3.8, 4) is 0 Å². The highest BCUT2D eigenvalue weighted by Gasteiger charge is 2.62. The molecule has 4 atom stereocenters. The number of allylic oxidation sites excluding steroid dienone is 4. The Morgan fingerprint density at radius 1 is 0.886 bits per heavy atom. The number of carbonyl (C=O) groups excluding carboxylic acids is 3. The lowest BCUT2D eigenvalue weighted by Crippen LogP contribution is -2.60. The number of aliphatic hydroxyl groups excluding tert-OH is 2. The van der Waals surface area contributed by atoms with Gasteiger partial charge in [-0.15, -0.1) is 0 Å². The molecule has 0 aromatic carbocycles. The van der Waals surface area contributed by atoms with Gasteiger partial charge in [-0.3, -0.25) is 14.4 Å². The predicted molar refractivity (Wildman–Crippen MR) is 176 cm³/mol. The molecule has 0 spiro atoms. The number of rotatable bonds is 17. The molecule has 3 aliphatic carbocycles. The molecule has 4 unspecified atom stereocenters. The molecule has 0 bridgehead atoms. The van der Waals surface area contributed by atoms with Gasteiger partial charge in [0.25, 0.3) is 0 Å². The summed E-state index contributed by atoms with van der Waals surface area (Å²) in [5.41, 5.74) is -0.714. The number of hydrogen-bond acceptors (Lipinski definition) is 6. The Bertz CT molecular complexity index is 1110. The lowest BCUT2D eigenvalue weighted by molar-refractivity contribution is -0.168. The van der Waals surface area contributed by atoms with Crippen LogP contribution in [-0.4, -0.2) is 40.0 Å². The van der Waals surface area contributed by atoms with Gasteiger partial charge in [0.15, 0.2) is 6.10 Å². The fraction of sp³-hybridized carbons (Fsp3) is 0.763. The smallest absolute Gasteiger partial charge is 0.306 e. The number of ketones is 2. The summed E-state index contributed by atoms with van der Waals surface area (Å²) in [6.45, 7) is 11.8. The molecular formula is C38H60O6. The van der Waals surface area contributed by atoms with Crippen molar-refractivity contribution in [2.45, 2.75) is 163 Å². The van der Waals surface area contributed by atoms with Gasteiger partial charge in [0, 0.05) is 34.5 Å². The first-order valence-electron chi connectivity index (χ1n) is 17.7. The van der Waals surface area contributed by atoms with Crippen LogP contribution in [0.25, 0.3) is 0 Å². The SMILES string of the molecule is CCCCCCCCC=CCCCCCCCC(=O)OC1C2=C(C(=O)C(=O)C(C(C)C)=C2O)C2(C)CCCC(C)(C)C2C1O. The summed E-state index contributed by atoms with van der Waals surface area (Å²) < 4.78 is 5.95. The Labute approximate surface area is 266 Å². The first kappa shape index (κ1) is 36.3. The van der Waals surface area contributed by atoms with Gasteiger partial charge in [0.2, 0.25) is 11.6 Å². The number of hydrogen-bond donors (Lipinski definition) is 2. The Hall–Kier alpha value is -2.21. The number of ether oxygens (including phenoxy) is 1. The molecule has 44 heavy (non-hydrogen) atoms. The third kappa shape index (κ3) is 8.33. The van der Waals surface area contributed by atoms with Crippen LogP contribution in [0.2, 0.25) is 0 Å². The van der Waals surface area contributed by atoms with E-state index in [1.54, 1.807) is 13.8 Å². The second kappa shape index (κ2) is 16.4. The maximum atomic E-state index is 13.7. The van der Waals surface area contributed by atoms with Crippen LogP contribution >= 0.6 is 0 Å². The first-order valence-corrected chi connectivity index (χ1v) is 17.7. The monoisotopic (exact) mass is 612 g/mol. The number of unbranched alkanes of at least 4 members (excludes halogenated alkanes) is 11.